The molecule has 2 aromatic rings. The molecule has 1 saturated heterocycles. The van der Waals surface area contributed by atoms with Crippen LogP contribution in [-0.4, -0.2) is 38.5 Å². The summed E-state index contributed by atoms with van der Waals surface area (Å²) in [6.07, 6.45) is 8.11. The average Bonchev–Trinajstić information content (AvgIpc) is 2.65. The third kappa shape index (κ3) is 4.89. The number of aromatic amines is 1. The van der Waals surface area contributed by atoms with Crippen LogP contribution in [0, 0.1) is 0 Å². The molecule has 0 aromatic carbocycles. The summed E-state index contributed by atoms with van der Waals surface area (Å²) >= 11 is 0. The fraction of sp³-hybridized carbons (Fsp3) is 0.444. The summed E-state index contributed by atoms with van der Waals surface area (Å²) in [5, 5.41) is 2.88. The van der Waals surface area contributed by atoms with Crippen LogP contribution in [0.2, 0.25) is 0 Å². The number of carbonyl (C=O) groups excluding carboxylic acids is 1. The minimum absolute atomic E-state index is 0.0900. The molecule has 0 spiro atoms. The number of likely N-dealkylation sites (tertiary alicyclic amines) is 1. The normalized spacial score (nSPS) is 17.3. The summed E-state index contributed by atoms with van der Waals surface area (Å²) in [7, 11) is 0. The standard InChI is InChI=1S/C18H23N5O2/c24-17-11-15(21-13-22-17)12-20-18(25)23-10-4-2-6-16(23)8-7-14-5-1-3-9-19-14/h1,3,5,9,11,13,16H,2,4,6-8,10,12H2,(H,20,25)(H,21,22,24)/t16-/m0/s1. The lowest BCUT2D eigenvalue weighted by molar-refractivity contribution is 0.146. The third-order valence-electron chi connectivity index (χ3n) is 4.50. The van der Waals surface area contributed by atoms with Crippen LogP contribution in [0.4, 0.5) is 4.79 Å². The predicted molar refractivity (Wildman–Crippen MR) is 94.0 cm³/mol. The first kappa shape index (κ1) is 17.1. The Morgan fingerprint density at radius 2 is 2.20 bits per heavy atom. The molecule has 25 heavy (non-hydrogen) atoms. The van der Waals surface area contributed by atoms with Gasteiger partial charge >= 0.3 is 6.03 Å². The molecule has 7 nitrogen and oxygen atoms in total. The van der Waals surface area contributed by atoms with Gasteiger partial charge in [-0.05, 0) is 44.2 Å². The summed E-state index contributed by atoms with van der Waals surface area (Å²) in [5.41, 5.74) is 1.39. The van der Waals surface area contributed by atoms with E-state index in [-0.39, 0.29) is 24.2 Å². The van der Waals surface area contributed by atoms with Gasteiger partial charge in [-0.25, -0.2) is 9.78 Å². The number of urea groups is 1. The molecule has 2 N–H and O–H groups in total. The van der Waals surface area contributed by atoms with Crippen molar-refractivity contribution in [2.45, 2.75) is 44.7 Å². The lowest BCUT2D eigenvalue weighted by Gasteiger charge is -2.35. The van der Waals surface area contributed by atoms with Gasteiger partial charge in [0, 0.05) is 30.5 Å². The van der Waals surface area contributed by atoms with E-state index >= 15 is 0 Å². The highest BCUT2D eigenvalue weighted by Crippen LogP contribution is 2.21. The second-order valence-electron chi connectivity index (χ2n) is 6.26. The zero-order valence-corrected chi connectivity index (χ0v) is 14.1. The number of amides is 2. The molecule has 0 bridgehead atoms. The number of hydrogen-bond acceptors (Lipinski definition) is 4. The van der Waals surface area contributed by atoms with Crippen molar-refractivity contribution < 1.29 is 4.79 Å². The van der Waals surface area contributed by atoms with Crippen molar-refractivity contribution in [3.8, 4) is 0 Å². The SMILES string of the molecule is O=C(NCc1cc(=O)[nH]cn1)N1CCCC[C@H]1CCc1ccccn1. The van der Waals surface area contributed by atoms with E-state index in [2.05, 4.69) is 20.3 Å². The highest BCUT2D eigenvalue weighted by molar-refractivity contribution is 5.74. The van der Waals surface area contributed by atoms with Crippen molar-refractivity contribution >= 4 is 6.03 Å². The molecule has 1 aliphatic rings. The molecule has 2 amide bonds. The van der Waals surface area contributed by atoms with E-state index in [0.717, 1.165) is 44.3 Å². The molecule has 0 radical (unpaired) electrons. The number of hydrogen-bond donors (Lipinski definition) is 2. The zero-order chi connectivity index (χ0) is 17.5. The smallest absolute Gasteiger partial charge is 0.317 e. The summed E-state index contributed by atoms with van der Waals surface area (Å²) in [5.74, 6) is 0. The van der Waals surface area contributed by atoms with Gasteiger partial charge < -0.3 is 15.2 Å². The Bertz CT molecular complexity index is 746. The summed E-state index contributed by atoms with van der Waals surface area (Å²) in [6.45, 7) is 1.02. The largest absolute Gasteiger partial charge is 0.332 e. The van der Waals surface area contributed by atoms with Crippen molar-refractivity contribution in [3.63, 3.8) is 0 Å². The van der Waals surface area contributed by atoms with E-state index in [1.807, 2.05) is 23.1 Å². The van der Waals surface area contributed by atoms with E-state index in [4.69, 9.17) is 0 Å². The van der Waals surface area contributed by atoms with Gasteiger partial charge in [-0.15, -0.1) is 0 Å². The first-order chi connectivity index (χ1) is 12.2. The summed E-state index contributed by atoms with van der Waals surface area (Å²) < 4.78 is 0. The number of aromatic nitrogens is 3. The molecule has 0 unspecified atom stereocenters. The van der Waals surface area contributed by atoms with Gasteiger partial charge in [-0.1, -0.05) is 6.07 Å². The van der Waals surface area contributed by atoms with Gasteiger partial charge in [0.2, 0.25) is 0 Å². The number of piperidine rings is 1. The average molecular weight is 341 g/mol. The van der Waals surface area contributed by atoms with Crippen molar-refractivity contribution in [3.05, 3.63) is 58.5 Å². The lowest BCUT2D eigenvalue weighted by atomic mass is 9.97. The van der Waals surface area contributed by atoms with Gasteiger partial charge in [0.05, 0.1) is 18.6 Å². The van der Waals surface area contributed by atoms with Crippen molar-refractivity contribution in [1.29, 1.82) is 0 Å². The quantitative estimate of drug-likeness (QED) is 0.868. The first-order valence-corrected chi connectivity index (χ1v) is 8.70. The van der Waals surface area contributed by atoms with E-state index in [1.54, 1.807) is 6.20 Å². The fourth-order valence-electron chi connectivity index (χ4n) is 3.20. The topological polar surface area (TPSA) is 91.0 Å². The van der Waals surface area contributed by atoms with E-state index < -0.39 is 0 Å². The Hall–Kier alpha value is -2.70. The zero-order valence-electron chi connectivity index (χ0n) is 14.1. The van der Waals surface area contributed by atoms with Crippen LogP contribution in [0.1, 0.15) is 37.1 Å². The summed E-state index contributed by atoms with van der Waals surface area (Å²) in [4.78, 5) is 36.6. The maximum Gasteiger partial charge on any atom is 0.317 e. The van der Waals surface area contributed by atoms with Crippen LogP contribution in [0.5, 0.6) is 0 Å². The maximum atomic E-state index is 12.6. The molecule has 2 aromatic heterocycles. The van der Waals surface area contributed by atoms with Crippen molar-refractivity contribution in [2.24, 2.45) is 0 Å². The van der Waals surface area contributed by atoms with Gasteiger partial charge in [-0.2, -0.15) is 0 Å². The van der Waals surface area contributed by atoms with Crippen molar-refractivity contribution in [2.75, 3.05) is 6.54 Å². The van der Waals surface area contributed by atoms with Crippen LogP contribution in [0.25, 0.3) is 0 Å². The van der Waals surface area contributed by atoms with Crippen LogP contribution >= 0.6 is 0 Å². The highest BCUT2D eigenvalue weighted by Gasteiger charge is 2.26. The minimum atomic E-state index is -0.217. The predicted octanol–water partition coefficient (Wildman–Crippen LogP) is 1.86. The van der Waals surface area contributed by atoms with Crippen LogP contribution in [0.15, 0.2) is 41.6 Å². The number of rotatable bonds is 5. The number of nitrogens with one attached hydrogen (secondary N) is 2. The Balaban J connectivity index is 1.56. The maximum absolute atomic E-state index is 12.6. The van der Waals surface area contributed by atoms with E-state index in [9.17, 15) is 9.59 Å². The molecular formula is C18H23N5O2. The molecule has 0 saturated carbocycles. The Labute approximate surface area is 146 Å². The fourth-order valence-corrected chi connectivity index (χ4v) is 3.20. The van der Waals surface area contributed by atoms with E-state index in [0.29, 0.717) is 5.69 Å². The first-order valence-electron chi connectivity index (χ1n) is 8.70. The molecule has 3 rings (SSSR count). The second kappa shape index (κ2) is 8.41. The molecule has 132 valence electrons. The second-order valence-corrected chi connectivity index (χ2v) is 6.26. The number of pyridine rings is 1. The van der Waals surface area contributed by atoms with Crippen LogP contribution in [-0.2, 0) is 13.0 Å². The van der Waals surface area contributed by atoms with Crippen LogP contribution in [0.3, 0.4) is 0 Å². The molecule has 7 heteroatoms. The van der Waals surface area contributed by atoms with Gasteiger partial charge in [0.25, 0.3) is 5.56 Å². The van der Waals surface area contributed by atoms with Gasteiger partial charge in [0.1, 0.15) is 0 Å². The number of H-pyrrole nitrogens is 1. The minimum Gasteiger partial charge on any atom is -0.332 e. The molecular weight excluding hydrogens is 318 g/mol. The summed E-state index contributed by atoms with van der Waals surface area (Å²) in [6, 6.07) is 7.45. The Morgan fingerprint density at radius 3 is 3.00 bits per heavy atom. The highest BCUT2D eigenvalue weighted by atomic mass is 16.2. The van der Waals surface area contributed by atoms with Crippen LogP contribution < -0.4 is 10.9 Å². The Kier molecular flexibility index (Phi) is 5.77. The molecule has 1 atom stereocenters. The number of nitrogens with zero attached hydrogens (tertiary/aromatic N) is 3. The lowest BCUT2D eigenvalue weighted by Crippen LogP contribution is -2.48. The molecule has 1 aliphatic heterocycles. The molecule has 0 aliphatic carbocycles. The number of aryl methyl sites for hydroxylation is 1. The Morgan fingerprint density at radius 1 is 1.28 bits per heavy atom. The molecule has 1 fully saturated rings. The van der Waals surface area contributed by atoms with Gasteiger partial charge in [-0.3, -0.25) is 9.78 Å². The van der Waals surface area contributed by atoms with E-state index in [1.165, 1.54) is 12.4 Å². The molecule has 3 heterocycles. The number of carbonyl (C=O) groups is 1. The van der Waals surface area contributed by atoms with Gasteiger partial charge in [0.15, 0.2) is 0 Å². The third-order valence-corrected chi connectivity index (χ3v) is 4.50. The van der Waals surface area contributed by atoms with Crippen molar-refractivity contribution in [1.82, 2.24) is 25.2 Å². The monoisotopic (exact) mass is 341 g/mol.